The van der Waals surface area contributed by atoms with Gasteiger partial charge in [0.2, 0.25) is 0 Å². The minimum atomic E-state index is 0.195. The Bertz CT molecular complexity index is 986. The molecule has 3 aromatic rings. The minimum Gasteiger partial charge on any atom is -0.491 e. The summed E-state index contributed by atoms with van der Waals surface area (Å²) in [5, 5.41) is 4.31. The van der Waals surface area contributed by atoms with Gasteiger partial charge < -0.3 is 14.1 Å². The second-order valence-corrected chi connectivity index (χ2v) is 7.15. The molecule has 140 valence electrons. The molecule has 0 amide bonds. The molecule has 27 heavy (non-hydrogen) atoms. The summed E-state index contributed by atoms with van der Waals surface area (Å²) in [6, 6.07) is 6.32. The number of imidazole rings is 1. The second kappa shape index (κ2) is 6.98. The average molecular weight is 365 g/mol. The first kappa shape index (κ1) is 17.5. The standard InChI is InChI=1S/C20H23N5O2/c1-13(2)25-20(21-12-22-25)17-11-24-8-9-27-18-10-15(5-4-14(3)26)6-7-16(18)19(24)23-17/h6-7,10-13H,4-5,8-9H2,1-3H3. The maximum Gasteiger partial charge on any atom is 0.178 e. The smallest absolute Gasteiger partial charge is 0.178 e. The van der Waals surface area contributed by atoms with Crippen LogP contribution in [0.3, 0.4) is 0 Å². The number of carbonyl (C=O) groups is 1. The molecule has 1 aromatic carbocycles. The van der Waals surface area contributed by atoms with Crippen molar-refractivity contribution in [2.75, 3.05) is 6.61 Å². The predicted molar refractivity (Wildman–Crippen MR) is 102 cm³/mol. The molecule has 2 aromatic heterocycles. The third kappa shape index (κ3) is 3.37. The lowest BCUT2D eigenvalue weighted by atomic mass is 10.0. The lowest BCUT2D eigenvalue weighted by molar-refractivity contribution is -0.116. The molecule has 1 aliphatic heterocycles. The quantitative estimate of drug-likeness (QED) is 0.693. The fourth-order valence-electron chi connectivity index (χ4n) is 3.32. The monoisotopic (exact) mass is 365 g/mol. The fourth-order valence-corrected chi connectivity index (χ4v) is 3.32. The molecule has 3 heterocycles. The van der Waals surface area contributed by atoms with Crippen LogP contribution < -0.4 is 4.74 Å². The minimum absolute atomic E-state index is 0.195. The number of ether oxygens (including phenoxy) is 1. The van der Waals surface area contributed by atoms with E-state index < -0.39 is 0 Å². The van der Waals surface area contributed by atoms with Gasteiger partial charge in [0.1, 0.15) is 36.0 Å². The summed E-state index contributed by atoms with van der Waals surface area (Å²) in [7, 11) is 0. The number of nitrogens with zero attached hydrogens (tertiary/aromatic N) is 5. The zero-order chi connectivity index (χ0) is 19.0. The first-order valence-corrected chi connectivity index (χ1v) is 9.25. The van der Waals surface area contributed by atoms with Gasteiger partial charge in [0.25, 0.3) is 0 Å². The highest BCUT2D eigenvalue weighted by molar-refractivity contribution is 5.76. The zero-order valence-corrected chi connectivity index (χ0v) is 15.8. The summed E-state index contributed by atoms with van der Waals surface area (Å²) in [5.74, 6) is 2.65. The lowest BCUT2D eigenvalue weighted by Gasteiger charge is -2.09. The summed E-state index contributed by atoms with van der Waals surface area (Å²) in [6.45, 7) is 7.06. The third-order valence-corrected chi connectivity index (χ3v) is 4.71. The molecular formula is C20H23N5O2. The molecule has 0 spiro atoms. The van der Waals surface area contributed by atoms with Crippen molar-refractivity contribution < 1.29 is 9.53 Å². The Morgan fingerprint density at radius 1 is 1.30 bits per heavy atom. The van der Waals surface area contributed by atoms with E-state index in [0.717, 1.165) is 47.2 Å². The van der Waals surface area contributed by atoms with Crippen molar-refractivity contribution >= 4 is 5.78 Å². The molecule has 0 aliphatic carbocycles. The largest absolute Gasteiger partial charge is 0.491 e. The van der Waals surface area contributed by atoms with Crippen molar-refractivity contribution in [2.45, 2.75) is 46.2 Å². The van der Waals surface area contributed by atoms with Gasteiger partial charge in [-0.25, -0.2) is 14.6 Å². The van der Waals surface area contributed by atoms with Crippen LogP contribution in [0.4, 0.5) is 0 Å². The first-order chi connectivity index (χ1) is 13.0. The third-order valence-electron chi connectivity index (χ3n) is 4.71. The number of carbonyl (C=O) groups excluding carboxylic acids is 1. The number of ketones is 1. The Morgan fingerprint density at radius 2 is 2.15 bits per heavy atom. The number of aryl methyl sites for hydroxylation is 1. The van der Waals surface area contributed by atoms with Crippen molar-refractivity contribution in [1.82, 2.24) is 24.3 Å². The molecule has 1 aliphatic rings. The second-order valence-electron chi connectivity index (χ2n) is 7.15. The first-order valence-electron chi connectivity index (χ1n) is 9.25. The zero-order valence-electron chi connectivity index (χ0n) is 15.8. The van der Waals surface area contributed by atoms with Gasteiger partial charge >= 0.3 is 0 Å². The number of fused-ring (bicyclic) bond motifs is 3. The van der Waals surface area contributed by atoms with Gasteiger partial charge in [-0.3, -0.25) is 0 Å². The van der Waals surface area contributed by atoms with Crippen LogP contribution in [-0.4, -0.2) is 36.7 Å². The van der Waals surface area contributed by atoms with E-state index in [-0.39, 0.29) is 11.8 Å². The van der Waals surface area contributed by atoms with Gasteiger partial charge in [-0.1, -0.05) is 6.07 Å². The van der Waals surface area contributed by atoms with Crippen molar-refractivity contribution in [1.29, 1.82) is 0 Å². The van der Waals surface area contributed by atoms with E-state index in [9.17, 15) is 4.79 Å². The van der Waals surface area contributed by atoms with Crippen LogP contribution in [0, 0.1) is 0 Å². The van der Waals surface area contributed by atoms with Crippen LogP contribution in [0.15, 0.2) is 30.7 Å². The van der Waals surface area contributed by atoms with Gasteiger partial charge in [-0.05, 0) is 44.9 Å². The van der Waals surface area contributed by atoms with Gasteiger partial charge in [-0.2, -0.15) is 5.10 Å². The van der Waals surface area contributed by atoms with Crippen LogP contribution >= 0.6 is 0 Å². The van der Waals surface area contributed by atoms with Crippen LogP contribution in [0.1, 0.15) is 38.8 Å². The normalized spacial score (nSPS) is 13.0. The lowest BCUT2D eigenvalue weighted by Crippen LogP contribution is -2.06. The average Bonchev–Trinajstić information content (AvgIpc) is 3.24. The maximum atomic E-state index is 11.3. The topological polar surface area (TPSA) is 74.8 Å². The van der Waals surface area contributed by atoms with E-state index in [1.165, 1.54) is 0 Å². The number of benzene rings is 1. The summed E-state index contributed by atoms with van der Waals surface area (Å²) in [4.78, 5) is 20.5. The van der Waals surface area contributed by atoms with E-state index in [4.69, 9.17) is 9.72 Å². The van der Waals surface area contributed by atoms with Crippen LogP contribution in [0.2, 0.25) is 0 Å². The predicted octanol–water partition coefficient (Wildman–Crippen LogP) is 3.30. The molecule has 4 rings (SSSR count). The number of hydrogen-bond donors (Lipinski definition) is 0. The molecule has 0 saturated carbocycles. The van der Waals surface area contributed by atoms with Gasteiger partial charge in [0, 0.05) is 18.7 Å². The molecule has 0 N–H and O–H groups in total. The molecule has 0 fully saturated rings. The fraction of sp³-hybridized carbons (Fsp3) is 0.400. The number of hydrogen-bond acceptors (Lipinski definition) is 5. The van der Waals surface area contributed by atoms with Gasteiger partial charge in [-0.15, -0.1) is 0 Å². The van der Waals surface area contributed by atoms with Crippen LogP contribution in [-0.2, 0) is 17.8 Å². The maximum absolute atomic E-state index is 11.3. The Balaban J connectivity index is 1.72. The van der Waals surface area contributed by atoms with E-state index >= 15 is 0 Å². The summed E-state index contributed by atoms with van der Waals surface area (Å²) >= 11 is 0. The molecular weight excluding hydrogens is 342 g/mol. The van der Waals surface area contributed by atoms with E-state index in [0.29, 0.717) is 13.0 Å². The van der Waals surface area contributed by atoms with Gasteiger partial charge in [0.05, 0.1) is 12.1 Å². The number of Topliss-reactive ketones (excluding diaryl/α,β-unsaturated/α-hetero) is 1. The number of rotatable bonds is 5. The van der Waals surface area contributed by atoms with Crippen molar-refractivity contribution in [3.05, 3.63) is 36.3 Å². The molecule has 0 bridgehead atoms. The molecule has 0 saturated heterocycles. The Labute approximate surface area is 158 Å². The SMILES string of the molecule is CC(=O)CCc1ccc2c(c1)OCCn1cc(-c3ncnn3C(C)C)nc1-2. The molecule has 0 unspecified atom stereocenters. The summed E-state index contributed by atoms with van der Waals surface area (Å²) < 4.78 is 9.94. The Morgan fingerprint density at radius 3 is 2.93 bits per heavy atom. The van der Waals surface area contributed by atoms with Crippen LogP contribution in [0.5, 0.6) is 5.75 Å². The Kier molecular flexibility index (Phi) is 4.51. The Hall–Kier alpha value is -2.96. The molecule has 0 radical (unpaired) electrons. The van der Waals surface area contributed by atoms with Crippen molar-refractivity contribution in [2.24, 2.45) is 0 Å². The highest BCUT2D eigenvalue weighted by Crippen LogP contribution is 2.34. The summed E-state index contributed by atoms with van der Waals surface area (Å²) in [5.41, 5.74) is 2.87. The van der Waals surface area contributed by atoms with E-state index in [1.807, 2.05) is 29.1 Å². The molecule has 0 atom stereocenters. The van der Waals surface area contributed by atoms with Crippen molar-refractivity contribution in [3.63, 3.8) is 0 Å². The number of aromatic nitrogens is 5. The van der Waals surface area contributed by atoms with E-state index in [2.05, 4.69) is 28.5 Å². The van der Waals surface area contributed by atoms with Crippen LogP contribution in [0.25, 0.3) is 22.9 Å². The molecule has 7 heteroatoms. The summed E-state index contributed by atoms with van der Waals surface area (Å²) in [6.07, 6.45) is 4.85. The molecule has 7 nitrogen and oxygen atoms in total. The highest BCUT2D eigenvalue weighted by atomic mass is 16.5. The van der Waals surface area contributed by atoms with E-state index in [1.54, 1.807) is 13.3 Å². The van der Waals surface area contributed by atoms with Crippen molar-refractivity contribution in [3.8, 4) is 28.7 Å². The van der Waals surface area contributed by atoms with Gasteiger partial charge in [0.15, 0.2) is 5.82 Å². The highest BCUT2D eigenvalue weighted by Gasteiger charge is 2.21.